The smallest absolute Gasteiger partial charge is 0.224 e. The van der Waals surface area contributed by atoms with Crippen molar-refractivity contribution in [1.29, 1.82) is 0 Å². The van der Waals surface area contributed by atoms with Crippen molar-refractivity contribution in [2.24, 2.45) is 0 Å². The number of ether oxygens (including phenoxy) is 1. The Bertz CT molecular complexity index is 467. The van der Waals surface area contributed by atoms with Crippen molar-refractivity contribution in [3.63, 3.8) is 0 Å². The second kappa shape index (κ2) is 5.61. The summed E-state index contributed by atoms with van der Waals surface area (Å²) in [5.41, 5.74) is 2.30. The minimum absolute atomic E-state index is 0.118. The van der Waals surface area contributed by atoms with Crippen LogP contribution in [0.2, 0.25) is 0 Å². The fourth-order valence-corrected chi connectivity index (χ4v) is 2.79. The van der Waals surface area contributed by atoms with E-state index in [1.165, 1.54) is 5.56 Å². The molecule has 102 valence electrons. The van der Waals surface area contributed by atoms with Crippen LogP contribution in [0.4, 0.5) is 0 Å². The van der Waals surface area contributed by atoms with Crippen LogP contribution in [0.3, 0.4) is 0 Å². The van der Waals surface area contributed by atoms with Crippen molar-refractivity contribution in [1.82, 2.24) is 10.6 Å². The van der Waals surface area contributed by atoms with Gasteiger partial charge in [-0.3, -0.25) is 4.79 Å². The van der Waals surface area contributed by atoms with Crippen molar-refractivity contribution in [3.05, 3.63) is 29.3 Å². The maximum Gasteiger partial charge on any atom is 0.224 e. The predicted octanol–water partition coefficient (Wildman–Crippen LogP) is 1.03. The summed E-state index contributed by atoms with van der Waals surface area (Å²) in [7, 11) is 0. The molecule has 0 aliphatic carbocycles. The molecule has 2 aliphatic rings. The quantitative estimate of drug-likeness (QED) is 0.853. The predicted molar refractivity (Wildman–Crippen MR) is 73.4 cm³/mol. The molecular weight excluding hydrogens is 240 g/mol. The first-order chi connectivity index (χ1) is 9.31. The van der Waals surface area contributed by atoms with E-state index in [9.17, 15) is 4.79 Å². The topological polar surface area (TPSA) is 50.4 Å². The summed E-state index contributed by atoms with van der Waals surface area (Å²) in [5.74, 6) is 1.09. The SMILES string of the molecule is O=C(Cc1ccc2c(c1)CCO2)N[C@H]1CCCNC1. The molecule has 4 heteroatoms. The average molecular weight is 260 g/mol. The molecule has 0 bridgehead atoms. The number of amides is 1. The first-order valence-electron chi connectivity index (χ1n) is 7.06. The summed E-state index contributed by atoms with van der Waals surface area (Å²) in [6.45, 7) is 2.72. The number of nitrogens with one attached hydrogen (secondary N) is 2. The number of hydrogen-bond donors (Lipinski definition) is 2. The highest BCUT2D eigenvalue weighted by molar-refractivity contribution is 5.79. The third kappa shape index (κ3) is 3.07. The Kier molecular flexibility index (Phi) is 3.69. The third-order valence-electron chi connectivity index (χ3n) is 3.78. The number of benzene rings is 1. The number of piperidine rings is 1. The van der Waals surface area contributed by atoms with Crippen LogP contribution in [0.25, 0.3) is 0 Å². The van der Waals surface area contributed by atoms with Crippen LogP contribution in [0.1, 0.15) is 24.0 Å². The fraction of sp³-hybridized carbons (Fsp3) is 0.533. The Morgan fingerprint density at radius 1 is 1.47 bits per heavy atom. The molecule has 0 aromatic heterocycles. The van der Waals surface area contributed by atoms with E-state index in [1.54, 1.807) is 0 Å². The summed E-state index contributed by atoms with van der Waals surface area (Å²) in [6, 6.07) is 6.36. The van der Waals surface area contributed by atoms with Gasteiger partial charge >= 0.3 is 0 Å². The molecule has 1 aromatic carbocycles. The molecule has 2 aliphatic heterocycles. The van der Waals surface area contributed by atoms with Gasteiger partial charge in [-0.15, -0.1) is 0 Å². The monoisotopic (exact) mass is 260 g/mol. The normalized spacial score (nSPS) is 21.6. The molecule has 1 saturated heterocycles. The van der Waals surface area contributed by atoms with Crippen molar-refractivity contribution in [2.45, 2.75) is 31.7 Å². The fourth-order valence-electron chi connectivity index (χ4n) is 2.79. The molecule has 19 heavy (non-hydrogen) atoms. The highest BCUT2D eigenvalue weighted by Crippen LogP contribution is 2.25. The Morgan fingerprint density at radius 2 is 2.42 bits per heavy atom. The first kappa shape index (κ1) is 12.5. The maximum atomic E-state index is 12.0. The van der Waals surface area contributed by atoms with Crippen LogP contribution in [0.15, 0.2) is 18.2 Å². The number of hydrogen-bond acceptors (Lipinski definition) is 3. The summed E-state index contributed by atoms with van der Waals surface area (Å²) in [5, 5.41) is 6.41. The zero-order valence-electron chi connectivity index (χ0n) is 11.1. The van der Waals surface area contributed by atoms with Gasteiger partial charge in [0.2, 0.25) is 5.91 Å². The molecule has 1 atom stereocenters. The van der Waals surface area contributed by atoms with E-state index in [-0.39, 0.29) is 5.91 Å². The van der Waals surface area contributed by atoms with Gasteiger partial charge in [-0.2, -0.15) is 0 Å². The number of carbonyl (C=O) groups is 1. The lowest BCUT2D eigenvalue weighted by Gasteiger charge is -2.23. The highest BCUT2D eigenvalue weighted by atomic mass is 16.5. The van der Waals surface area contributed by atoms with Crippen molar-refractivity contribution < 1.29 is 9.53 Å². The van der Waals surface area contributed by atoms with E-state index in [2.05, 4.69) is 16.7 Å². The largest absolute Gasteiger partial charge is 0.493 e. The molecule has 0 saturated carbocycles. The van der Waals surface area contributed by atoms with Gasteiger partial charge in [0.25, 0.3) is 0 Å². The Morgan fingerprint density at radius 3 is 3.26 bits per heavy atom. The van der Waals surface area contributed by atoms with Crippen LogP contribution in [-0.2, 0) is 17.6 Å². The van der Waals surface area contributed by atoms with Crippen molar-refractivity contribution in [2.75, 3.05) is 19.7 Å². The third-order valence-corrected chi connectivity index (χ3v) is 3.78. The lowest BCUT2D eigenvalue weighted by molar-refractivity contribution is -0.121. The molecule has 0 spiro atoms. The lowest BCUT2D eigenvalue weighted by Crippen LogP contribution is -2.46. The second-order valence-corrected chi connectivity index (χ2v) is 5.33. The van der Waals surface area contributed by atoms with Gasteiger partial charge in [0.1, 0.15) is 5.75 Å². The van der Waals surface area contributed by atoms with Crippen LogP contribution < -0.4 is 15.4 Å². The number of carbonyl (C=O) groups excluding carboxylic acids is 1. The molecule has 0 unspecified atom stereocenters. The van der Waals surface area contributed by atoms with Crippen LogP contribution >= 0.6 is 0 Å². The van der Waals surface area contributed by atoms with Gasteiger partial charge < -0.3 is 15.4 Å². The van der Waals surface area contributed by atoms with Crippen LogP contribution in [0.5, 0.6) is 5.75 Å². The molecule has 2 heterocycles. The molecule has 4 nitrogen and oxygen atoms in total. The summed E-state index contributed by atoms with van der Waals surface area (Å²) < 4.78 is 5.47. The maximum absolute atomic E-state index is 12.0. The van der Waals surface area contributed by atoms with Gasteiger partial charge in [0, 0.05) is 19.0 Å². The molecule has 1 fully saturated rings. The summed E-state index contributed by atoms with van der Waals surface area (Å²) in [4.78, 5) is 12.0. The molecular formula is C15H20N2O2. The first-order valence-corrected chi connectivity index (χ1v) is 7.06. The summed E-state index contributed by atoms with van der Waals surface area (Å²) in [6.07, 6.45) is 3.64. The lowest BCUT2D eigenvalue weighted by atomic mass is 10.0. The Hall–Kier alpha value is -1.55. The van der Waals surface area contributed by atoms with Crippen LogP contribution in [-0.4, -0.2) is 31.6 Å². The average Bonchev–Trinajstić information content (AvgIpc) is 2.87. The van der Waals surface area contributed by atoms with E-state index >= 15 is 0 Å². The van der Waals surface area contributed by atoms with E-state index in [0.29, 0.717) is 12.5 Å². The van der Waals surface area contributed by atoms with Crippen molar-refractivity contribution >= 4 is 5.91 Å². The molecule has 3 rings (SSSR count). The zero-order chi connectivity index (χ0) is 13.1. The number of rotatable bonds is 3. The molecule has 1 amide bonds. The zero-order valence-corrected chi connectivity index (χ0v) is 11.1. The molecule has 1 aromatic rings. The van der Waals surface area contributed by atoms with E-state index < -0.39 is 0 Å². The van der Waals surface area contributed by atoms with E-state index in [0.717, 1.165) is 50.3 Å². The Balaban J connectivity index is 1.56. The van der Waals surface area contributed by atoms with Crippen LogP contribution in [0, 0.1) is 0 Å². The van der Waals surface area contributed by atoms with Gasteiger partial charge in [0.05, 0.1) is 13.0 Å². The minimum Gasteiger partial charge on any atom is -0.493 e. The molecule has 0 radical (unpaired) electrons. The standard InChI is InChI=1S/C15H20N2O2/c18-15(17-13-2-1-6-16-10-13)9-11-3-4-14-12(8-11)5-7-19-14/h3-4,8,13,16H,1-2,5-7,9-10H2,(H,17,18)/t13-/m0/s1. The van der Waals surface area contributed by atoms with Gasteiger partial charge in [-0.25, -0.2) is 0 Å². The second-order valence-electron chi connectivity index (χ2n) is 5.33. The van der Waals surface area contributed by atoms with E-state index in [1.807, 2.05) is 12.1 Å². The minimum atomic E-state index is 0.118. The van der Waals surface area contributed by atoms with Gasteiger partial charge in [0.15, 0.2) is 0 Å². The van der Waals surface area contributed by atoms with Crippen molar-refractivity contribution in [3.8, 4) is 5.75 Å². The number of fused-ring (bicyclic) bond motifs is 1. The van der Waals surface area contributed by atoms with E-state index in [4.69, 9.17) is 4.74 Å². The molecule has 2 N–H and O–H groups in total. The highest BCUT2D eigenvalue weighted by Gasteiger charge is 2.17. The summed E-state index contributed by atoms with van der Waals surface area (Å²) >= 11 is 0. The van der Waals surface area contributed by atoms with Gasteiger partial charge in [-0.1, -0.05) is 12.1 Å². The Labute approximate surface area is 113 Å². The van der Waals surface area contributed by atoms with Gasteiger partial charge in [-0.05, 0) is 36.6 Å².